The number of piperidine rings is 1. The van der Waals surface area contributed by atoms with Crippen LogP contribution in [0.25, 0.3) is 0 Å². The van der Waals surface area contributed by atoms with E-state index in [1.54, 1.807) is 7.11 Å². The zero-order chi connectivity index (χ0) is 11.1. The zero-order valence-corrected chi connectivity index (χ0v) is 9.77. The van der Waals surface area contributed by atoms with E-state index in [0.29, 0.717) is 6.61 Å². The summed E-state index contributed by atoms with van der Waals surface area (Å²) in [7, 11) is 1.68. The van der Waals surface area contributed by atoms with Gasteiger partial charge in [-0.1, -0.05) is 6.92 Å². The highest BCUT2D eigenvalue weighted by molar-refractivity contribution is 5.82. The van der Waals surface area contributed by atoms with Crippen LogP contribution in [-0.2, 0) is 9.53 Å². The molecule has 0 aromatic carbocycles. The summed E-state index contributed by atoms with van der Waals surface area (Å²) in [5.41, 5.74) is -0.168. The van der Waals surface area contributed by atoms with Crippen molar-refractivity contribution in [1.82, 2.24) is 10.6 Å². The summed E-state index contributed by atoms with van der Waals surface area (Å²) in [6.45, 7) is 5.37. The Balaban J connectivity index is 2.25. The Morgan fingerprint density at radius 3 is 2.73 bits per heavy atom. The molecule has 0 aliphatic carbocycles. The summed E-state index contributed by atoms with van der Waals surface area (Å²) in [6.07, 6.45) is 2.75. The highest BCUT2D eigenvalue weighted by atomic mass is 16.5. The number of rotatable bonds is 5. The smallest absolute Gasteiger partial charge is 0.226 e. The van der Waals surface area contributed by atoms with Crippen LogP contribution in [-0.4, -0.2) is 39.3 Å². The molecule has 15 heavy (non-hydrogen) atoms. The minimum atomic E-state index is -0.168. The normalized spacial score (nSPS) is 19.9. The Morgan fingerprint density at radius 1 is 1.47 bits per heavy atom. The Morgan fingerprint density at radius 2 is 2.13 bits per heavy atom. The summed E-state index contributed by atoms with van der Waals surface area (Å²) in [5.74, 6) is 0.195. The average molecular weight is 214 g/mol. The van der Waals surface area contributed by atoms with Gasteiger partial charge in [-0.3, -0.25) is 4.79 Å². The van der Waals surface area contributed by atoms with Gasteiger partial charge in [0.1, 0.15) is 0 Å². The molecule has 2 N–H and O–H groups in total. The second kappa shape index (κ2) is 6.08. The van der Waals surface area contributed by atoms with Crippen molar-refractivity contribution in [3.05, 3.63) is 0 Å². The Bertz CT molecular complexity index is 201. The molecule has 1 amide bonds. The molecule has 1 fully saturated rings. The van der Waals surface area contributed by atoms with E-state index in [2.05, 4.69) is 17.6 Å². The van der Waals surface area contributed by atoms with Gasteiger partial charge in [-0.05, 0) is 32.4 Å². The lowest BCUT2D eigenvalue weighted by molar-refractivity contribution is -0.131. The van der Waals surface area contributed by atoms with E-state index in [4.69, 9.17) is 4.74 Å². The van der Waals surface area contributed by atoms with Gasteiger partial charge in [-0.2, -0.15) is 0 Å². The van der Waals surface area contributed by atoms with E-state index in [-0.39, 0.29) is 11.3 Å². The fourth-order valence-corrected chi connectivity index (χ4v) is 1.84. The first-order chi connectivity index (χ1) is 7.19. The molecule has 4 heteroatoms. The van der Waals surface area contributed by atoms with E-state index < -0.39 is 0 Å². The van der Waals surface area contributed by atoms with Gasteiger partial charge in [0, 0.05) is 25.7 Å². The molecule has 4 nitrogen and oxygen atoms in total. The van der Waals surface area contributed by atoms with Gasteiger partial charge < -0.3 is 15.4 Å². The monoisotopic (exact) mass is 214 g/mol. The van der Waals surface area contributed by atoms with Crippen molar-refractivity contribution < 1.29 is 9.53 Å². The highest BCUT2D eigenvalue weighted by Gasteiger charge is 2.33. The third kappa shape index (κ3) is 3.80. The van der Waals surface area contributed by atoms with Gasteiger partial charge in [0.15, 0.2) is 0 Å². The SMILES string of the molecule is COCCCNC(=O)C1(C)CCNCC1. The molecule has 0 radical (unpaired) electrons. The largest absolute Gasteiger partial charge is 0.385 e. The molecule has 88 valence electrons. The zero-order valence-electron chi connectivity index (χ0n) is 9.77. The maximum absolute atomic E-state index is 11.9. The molecule has 0 bridgehead atoms. The van der Waals surface area contributed by atoms with E-state index in [9.17, 15) is 4.79 Å². The van der Waals surface area contributed by atoms with Gasteiger partial charge in [0.25, 0.3) is 0 Å². The minimum absolute atomic E-state index is 0.168. The third-order valence-electron chi connectivity index (χ3n) is 3.07. The fourth-order valence-electron chi connectivity index (χ4n) is 1.84. The van der Waals surface area contributed by atoms with Crippen LogP contribution in [0.5, 0.6) is 0 Å². The van der Waals surface area contributed by atoms with Gasteiger partial charge in [0.2, 0.25) is 5.91 Å². The number of ether oxygens (including phenoxy) is 1. The van der Waals surface area contributed by atoms with Gasteiger partial charge in [-0.15, -0.1) is 0 Å². The van der Waals surface area contributed by atoms with Crippen molar-refractivity contribution >= 4 is 5.91 Å². The molecule has 0 unspecified atom stereocenters. The van der Waals surface area contributed by atoms with E-state index in [1.165, 1.54) is 0 Å². The molecule has 1 heterocycles. The fraction of sp³-hybridized carbons (Fsp3) is 0.909. The maximum Gasteiger partial charge on any atom is 0.226 e. The van der Waals surface area contributed by atoms with Crippen molar-refractivity contribution in [2.24, 2.45) is 5.41 Å². The number of carbonyl (C=O) groups excluding carboxylic acids is 1. The number of hydrogen-bond donors (Lipinski definition) is 2. The molecule has 1 aliphatic heterocycles. The van der Waals surface area contributed by atoms with Crippen LogP contribution in [0.15, 0.2) is 0 Å². The summed E-state index contributed by atoms with van der Waals surface area (Å²) in [5, 5.41) is 6.25. The maximum atomic E-state index is 11.9. The molecule has 0 saturated carbocycles. The van der Waals surface area contributed by atoms with E-state index >= 15 is 0 Å². The van der Waals surface area contributed by atoms with Crippen LogP contribution in [0.3, 0.4) is 0 Å². The standard InChI is InChI=1S/C11H22N2O2/c1-11(4-7-12-8-5-11)10(14)13-6-3-9-15-2/h12H,3-9H2,1-2H3,(H,13,14). The van der Waals surface area contributed by atoms with Crippen LogP contribution >= 0.6 is 0 Å². The van der Waals surface area contributed by atoms with Crippen LogP contribution in [0.1, 0.15) is 26.2 Å². The Hall–Kier alpha value is -0.610. The summed E-state index contributed by atoms with van der Waals surface area (Å²) < 4.78 is 4.93. The predicted molar refractivity (Wildman–Crippen MR) is 59.7 cm³/mol. The molecule has 0 aromatic rings. The van der Waals surface area contributed by atoms with Crippen LogP contribution in [0.2, 0.25) is 0 Å². The number of carbonyl (C=O) groups is 1. The van der Waals surface area contributed by atoms with Crippen molar-refractivity contribution in [3.8, 4) is 0 Å². The van der Waals surface area contributed by atoms with Crippen LogP contribution in [0.4, 0.5) is 0 Å². The lowest BCUT2D eigenvalue weighted by atomic mass is 9.80. The quantitative estimate of drug-likeness (QED) is 0.656. The first kappa shape index (κ1) is 12.5. The molecule has 1 saturated heterocycles. The van der Waals surface area contributed by atoms with Gasteiger partial charge >= 0.3 is 0 Å². The Kier molecular flexibility index (Phi) is 5.05. The molecule has 0 spiro atoms. The van der Waals surface area contributed by atoms with Crippen LogP contribution in [0, 0.1) is 5.41 Å². The van der Waals surface area contributed by atoms with Gasteiger partial charge in [0.05, 0.1) is 0 Å². The first-order valence-corrected chi connectivity index (χ1v) is 5.67. The molecule has 0 aromatic heterocycles. The highest BCUT2D eigenvalue weighted by Crippen LogP contribution is 2.27. The summed E-state index contributed by atoms with van der Waals surface area (Å²) in [4.78, 5) is 11.9. The van der Waals surface area contributed by atoms with Crippen molar-refractivity contribution in [3.63, 3.8) is 0 Å². The lowest BCUT2D eigenvalue weighted by Crippen LogP contribution is -2.46. The topological polar surface area (TPSA) is 50.4 Å². The molecular weight excluding hydrogens is 192 g/mol. The lowest BCUT2D eigenvalue weighted by Gasteiger charge is -2.32. The van der Waals surface area contributed by atoms with Crippen molar-refractivity contribution in [2.45, 2.75) is 26.2 Å². The molecule has 1 aliphatic rings. The third-order valence-corrected chi connectivity index (χ3v) is 3.07. The summed E-state index contributed by atoms with van der Waals surface area (Å²) >= 11 is 0. The first-order valence-electron chi connectivity index (χ1n) is 5.67. The molecule has 0 atom stereocenters. The Labute approximate surface area is 91.8 Å². The summed E-state index contributed by atoms with van der Waals surface area (Å²) in [6, 6.07) is 0. The molecule has 1 rings (SSSR count). The second-order valence-electron chi connectivity index (χ2n) is 4.41. The van der Waals surface area contributed by atoms with E-state index in [1.807, 2.05) is 0 Å². The number of hydrogen-bond acceptors (Lipinski definition) is 3. The van der Waals surface area contributed by atoms with Crippen molar-refractivity contribution in [1.29, 1.82) is 0 Å². The molecular formula is C11H22N2O2. The van der Waals surface area contributed by atoms with Crippen LogP contribution < -0.4 is 10.6 Å². The predicted octanol–water partition coefficient (Wildman–Crippen LogP) is 0.529. The number of methoxy groups -OCH3 is 1. The second-order valence-corrected chi connectivity index (χ2v) is 4.41. The number of amides is 1. The minimum Gasteiger partial charge on any atom is -0.385 e. The average Bonchev–Trinajstić information content (AvgIpc) is 2.25. The van der Waals surface area contributed by atoms with Gasteiger partial charge in [-0.25, -0.2) is 0 Å². The van der Waals surface area contributed by atoms with Crippen molar-refractivity contribution in [2.75, 3.05) is 33.4 Å². The number of nitrogens with one attached hydrogen (secondary N) is 2. The van der Waals surface area contributed by atoms with E-state index in [0.717, 1.165) is 38.9 Å².